The van der Waals surface area contributed by atoms with Crippen LogP contribution in [0.3, 0.4) is 0 Å². The van der Waals surface area contributed by atoms with E-state index in [-0.39, 0.29) is 52.1 Å². The van der Waals surface area contributed by atoms with E-state index in [0.29, 0.717) is 16.8 Å². The van der Waals surface area contributed by atoms with Gasteiger partial charge in [-0.15, -0.1) is 0 Å². The predicted octanol–water partition coefficient (Wildman–Crippen LogP) is 17.0. The smallest absolute Gasteiger partial charge is 0.0645 e. The van der Waals surface area contributed by atoms with Crippen LogP contribution in [0.25, 0.3) is 77.5 Å². The molecule has 0 N–H and O–H groups in total. The molecule has 0 radical (unpaired) electrons. The molecule has 0 bridgehead atoms. The van der Waals surface area contributed by atoms with E-state index in [1.807, 2.05) is 97.1 Å². The van der Waals surface area contributed by atoms with Crippen molar-refractivity contribution >= 4 is 27.8 Å². The fourth-order valence-electron chi connectivity index (χ4n) is 9.06. The summed E-state index contributed by atoms with van der Waals surface area (Å²) < 4.78 is 76.6. The maximum absolute atomic E-state index is 9.70. The normalized spacial score (nSPS) is 14.3. The molecule has 1 nitrogen and oxygen atoms in total. The summed E-state index contributed by atoms with van der Waals surface area (Å²) in [6, 6.07) is 58.3. The van der Waals surface area contributed by atoms with Crippen LogP contribution in [0.4, 0.5) is 17.1 Å². The van der Waals surface area contributed by atoms with Crippen molar-refractivity contribution in [1.82, 2.24) is 0 Å². The van der Waals surface area contributed by atoms with Gasteiger partial charge in [0.1, 0.15) is 0 Å². The number of hydrogen-bond donors (Lipinski definition) is 0. The first-order chi connectivity index (χ1) is 33.8. The lowest BCUT2D eigenvalue weighted by Gasteiger charge is -2.27. The number of benzene rings is 10. The molecular formula is C61H45N. The Bertz CT molecular complexity index is 3660. The van der Waals surface area contributed by atoms with E-state index >= 15 is 0 Å². The van der Waals surface area contributed by atoms with Crippen molar-refractivity contribution in [3.05, 3.63) is 248 Å². The molecule has 0 aromatic heterocycles. The Kier molecular flexibility index (Phi) is 7.31. The molecule has 0 atom stereocenters. The molecule has 1 heteroatoms. The highest BCUT2D eigenvalue weighted by molar-refractivity contribution is 5.90. The number of rotatable bonds is 8. The second-order valence-corrected chi connectivity index (χ2v) is 16.3. The van der Waals surface area contributed by atoms with Gasteiger partial charge in [0.2, 0.25) is 0 Å². The van der Waals surface area contributed by atoms with Gasteiger partial charge in [0.25, 0.3) is 0 Å². The van der Waals surface area contributed by atoms with Crippen molar-refractivity contribution in [2.45, 2.75) is 19.3 Å². The van der Waals surface area contributed by atoms with E-state index in [1.54, 1.807) is 30.3 Å². The summed E-state index contributed by atoms with van der Waals surface area (Å²) in [7, 11) is 0. The molecule has 11 rings (SSSR count). The fraction of sp³-hybridized carbons (Fsp3) is 0.0492. The Morgan fingerprint density at radius 1 is 0.323 bits per heavy atom. The minimum atomic E-state index is -0.394. The lowest BCUT2D eigenvalue weighted by molar-refractivity contribution is 0.662. The minimum absolute atomic E-state index is 0.104. The van der Waals surface area contributed by atoms with Crippen molar-refractivity contribution in [2.24, 2.45) is 0 Å². The Balaban J connectivity index is 1.07. The standard InChI is InChI=1S/C61H45N/c1-61(2)59-21-9-8-18-57(59)58-20-11-19-56(60(58)61)48-32-38-55(39-33-48)62(53-34-28-46(29-35-53)45-24-22-44(23-25-45)42-12-4-3-5-13-42)54-36-30-47(31-37-54)50-16-10-17-51(40-50)52-27-26-43-14-6-7-15-49(43)41-52/h3-41H,1-2H3/i28D,29D,30D,31D,34D,35D,36D,37D. The zero-order valence-corrected chi connectivity index (χ0v) is 34.3. The van der Waals surface area contributed by atoms with Crippen LogP contribution in [-0.4, -0.2) is 0 Å². The molecule has 10 aromatic carbocycles. The van der Waals surface area contributed by atoms with Gasteiger partial charge in [-0.1, -0.05) is 202 Å². The zero-order chi connectivity index (χ0) is 48.6. The molecule has 0 heterocycles. The summed E-state index contributed by atoms with van der Waals surface area (Å²) in [4.78, 5) is 1.37. The number of hydrogen-bond acceptors (Lipinski definition) is 1. The van der Waals surface area contributed by atoms with Gasteiger partial charge in [0.15, 0.2) is 0 Å². The molecular weight excluding hydrogens is 747 g/mol. The maximum Gasteiger partial charge on any atom is 0.0645 e. The summed E-state index contributed by atoms with van der Waals surface area (Å²) in [5.41, 5.74) is 11.3. The summed E-state index contributed by atoms with van der Waals surface area (Å²) in [6.07, 6.45) is 0. The van der Waals surface area contributed by atoms with Crippen LogP contribution in [0.15, 0.2) is 236 Å². The summed E-state index contributed by atoms with van der Waals surface area (Å²) in [5.74, 6) is 0. The second-order valence-electron chi connectivity index (χ2n) is 16.3. The molecule has 294 valence electrons. The van der Waals surface area contributed by atoms with Crippen LogP contribution in [-0.2, 0) is 5.41 Å². The van der Waals surface area contributed by atoms with Crippen LogP contribution in [0, 0.1) is 0 Å². The van der Waals surface area contributed by atoms with Crippen LogP contribution >= 0.6 is 0 Å². The average molecular weight is 800 g/mol. The van der Waals surface area contributed by atoms with Gasteiger partial charge >= 0.3 is 0 Å². The Morgan fingerprint density at radius 3 is 1.50 bits per heavy atom. The minimum Gasteiger partial charge on any atom is -0.311 e. The highest BCUT2D eigenvalue weighted by atomic mass is 15.1. The first-order valence-corrected chi connectivity index (χ1v) is 20.9. The summed E-state index contributed by atoms with van der Waals surface area (Å²) in [5, 5.41) is 2.17. The zero-order valence-electron chi connectivity index (χ0n) is 42.3. The van der Waals surface area contributed by atoms with Gasteiger partial charge in [0.05, 0.1) is 11.0 Å². The maximum atomic E-state index is 9.70. The Hall–Kier alpha value is -7.74. The van der Waals surface area contributed by atoms with E-state index in [0.717, 1.165) is 49.7 Å². The molecule has 0 unspecified atom stereocenters. The van der Waals surface area contributed by atoms with Gasteiger partial charge in [-0.2, -0.15) is 0 Å². The third kappa shape index (κ3) is 6.69. The molecule has 0 amide bonds. The van der Waals surface area contributed by atoms with E-state index < -0.39 is 24.2 Å². The summed E-state index contributed by atoms with van der Waals surface area (Å²) in [6.45, 7) is 4.46. The molecule has 10 aromatic rings. The van der Waals surface area contributed by atoms with E-state index in [4.69, 9.17) is 0 Å². The molecule has 62 heavy (non-hydrogen) atoms. The SMILES string of the molecule is [2H]c1c([2H])c(N(c2ccc(-c3cccc4c3C(C)(C)c3ccccc3-4)cc2)c2c([2H])c([2H])c(-c3cccc(-c4ccc5ccccc5c4)c3)c([2H])c2[2H])c([2H])c([2H])c1-c1ccc(-c2ccccc2)cc1. The highest BCUT2D eigenvalue weighted by Gasteiger charge is 2.37. The second kappa shape index (κ2) is 15.4. The fourth-order valence-corrected chi connectivity index (χ4v) is 9.06. The lowest BCUT2D eigenvalue weighted by Crippen LogP contribution is -2.16. The number of fused-ring (bicyclic) bond motifs is 4. The molecule has 1 aliphatic carbocycles. The van der Waals surface area contributed by atoms with E-state index in [9.17, 15) is 11.0 Å². The predicted molar refractivity (Wildman–Crippen MR) is 263 cm³/mol. The van der Waals surface area contributed by atoms with Crippen LogP contribution in [0.2, 0.25) is 0 Å². The van der Waals surface area contributed by atoms with Gasteiger partial charge in [0, 0.05) is 22.5 Å². The van der Waals surface area contributed by atoms with Gasteiger partial charge in [-0.3, -0.25) is 0 Å². The van der Waals surface area contributed by atoms with Crippen molar-refractivity contribution in [2.75, 3.05) is 4.90 Å². The third-order valence-corrected chi connectivity index (χ3v) is 12.2. The molecule has 0 saturated carbocycles. The van der Waals surface area contributed by atoms with Gasteiger partial charge < -0.3 is 4.90 Å². The lowest BCUT2D eigenvalue weighted by atomic mass is 9.79. The van der Waals surface area contributed by atoms with E-state index in [1.165, 1.54) is 21.6 Å². The van der Waals surface area contributed by atoms with Crippen molar-refractivity contribution < 1.29 is 11.0 Å². The largest absolute Gasteiger partial charge is 0.311 e. The van der Waals surface area contributed by atoms with Crippen molar-refractivity contribution in [3.63, 3.8) is 0 Å². The first kappa shape index (κ1) is 29.5. The highest BCUT2D eigenvalue weighted by Crippen LogP contribution is 2.52. The van der Waals surface area contributed by atoms with Crippen molar-refractivity contribution in [1.29, 1.82) is 0 Å². The number of nitrogens with zero attached hydrogens (tertiary/aromatic N) is 1. The molecule has 0 aliphatic heterocycles. The summed E-state index contributed by atoms with van der Waals surface area (Å²) >= 11 is 0. The molecule has 1 aliphatic rings. The topological polar surface area (TPSA) is 3.24 Å². The third-order valence-electron chi connectivity index (χ3n) is 12.2. The Labute approximate surface area is 376 Å². The quantitative estimate of drug-likeness (QED) is 0.148. The average Bonchev–Trinajstić information content (AvgIpc) is 3.63. The number of anilines is 3. The molecule has 0 spiro atoms. The van der Waals surface area contributed by atoms with Gasteiger partial charge in [-0.25, -0.2) is 0 Å². The first-order valence-electron chi connectivity index (χ1n) is 24.9. The van der Waals surface area contributed by atoms with Crippen molar-refractivity contribution in [3.8, 4) is 66.8 Å². The van der Waals surface area contributed by atoms with Gasteiger partial charge in [-0.05, 0) is 137 Å². The van der Waals surface area contributed by atoms with Crippen LogP contribution in [0.5, 0.6) is 0 Å². The Morgan fingerprint density at radius 2 is 0.790 bits per heavy atom. The van der Waals surface area contributed by atoms with Crippen LogP contribution < -0.4 is 4.90 Å². The molecule has 0 fully saturated rings. The monoisotopic (exact) mass is 799 g/mol. The van der Waals surface area contributed by atoms with E-state index in [2.05, 4.69) is 74.5 Å². The molecule has 0 saturated heterocycles. The van der Waals surface area contributed by atoms with Crippen LogP contribution in [0.1, 0.15) is 35.9 Å².